The van der Waals surface area contributed by atoms with Gasteiger partial charge in [-0.3, -0.25) is 4.79 Å². The molecule has 0 spiro atoms. The van der Waals surface area contributed by atoms with Gasteiger partial charge in [0, 0.05) is 65.3 Å². The zero-order valence-corrected chi connectivity index (χ0v) is 18.8. The fourth-order valence-corrected chi connectivity index (χ4v) is 4.62. The van der Waals surface area contributed by atoms with E-state index in [1.807, 2.05) is 36.4 Å². The number of halogens is 1. The minimum Gasteiger partial charge on any atom is -0.371 e. The van der Waals surface area contributed by atoms with E-state index in [4.69, 9.17) is 11.6 Å². The van der Waals surface area contributed by atoms with Gasteiger partial charge in [-0.05, 0) is 49.6 Å². The van der Waals surface area contributed by atoms with E-state index in [1.54, 1.807) is 23.9 Å². The van der Waals surface area contributed by atoms with Crippen LogP contribution in [0.2, 0.25) is 5.02 Å². The maximum atomic E-state index is 13.1. The van der Waals surface area contributed by atoms with Gasteiger partial charge in [0.2, 0.25) is 0 Å². The van der Waals surface area contributed by atoms with Crippen molar-refractivity contribution in [2.75, 3.05) is 23.3 Å². The Morgan fingerprint density at radius 2 is 1.75 bits per heavy atom. The molecular weight excluding hydrogens is 420 g/mol. The summed E-state index contributed by atoms with van der Waals surface area (Å²) in [6.45, 7) is 2.21. The molecule has 5 rings (SSSR count). The first-order valence-corrected chi connectivity index (χ1v) is 11.3. The minimum atomic E-state index is -0.0881. The Morgan fingerprint density at radius 1 is 0.938 bits per heavy atom. The molecule has 32 heavy (non-hydrogen) atoms. The second-order valence-corrected chi connectivity index (χ2v) is 8.66. The third-order valence-electron chi connectivity index (χ3n) is 6.11. The van der Waals surface area contributed by atoms with Crippen molar-refractivity contribution in [2.24, 2.45) is 7.05 Å². The molecule has 0 bridgehead atoms. The highest BCUT2D eigenvalue weighted by atomic mass is 35.5. The average molecular weight is 445 g/mol. The third-order valence-corrected chi connectivity index (χ3v) is 6.44. The largest absolute Gasteiger partial charge is 0.371 e. The van der Waals surface area contributed by atoms with E-state index < -0.39 is 0 Å². The lowest BCUT2D eigenvalue weighted by atomic mass is 10.1. The minimum absolute atomic E-state index is 0.0881. The van der Waals surface area contributed by atoms with Gasteiger partial charge in [0.25, 0.3) is 5.56 Å². The van der Waals surface area contributed by atoms with Crippen molar-refractivity contribution in [2.45, 2.75) is 19.3 Å². The normalized spacial score (nSPS) is 14.0. The van der Waals surface area contributed by atoms with Crippen LogP contribution in [0.15, 0.2) is 71.7 Å². The highest BCUT2D eigenvalue weighted by molar-refractivity contribution is 6.33. The molecule has 3 heterocycles. The monoisotopic (exact) mass is 444 g/mol. The van der Waals surface area contributed by atoms with E-state index in [0.717, 1.165) is 35.2 Å². The summed E-state index contributed by atoms with van der Waals surface area (Å²) in [6.07, 6.45) is 5.60. The Hall–Kier alpha value is -3.31. The van der Waals surface area contributed by atoms with Gasteiger partial charge in [0.05, 0.1) is 5.52 Å². The van der Waals surface area contributed by atoms with E-state index in [9.17, 15) is 4.79 Å². The van der Waals surface area contributed by atoms with Crippen LogP contribution in [0.5, 0.6) is 0 Å². The second kappa shape index (κ2) is 8.67. The Balaban J connectivity index is 1.48. The van der Waals surface area contributed by atoms with Crippen molar-refractivity contribution in [1.29, 1.82) is 0 Å². The number of piperidine rings is 1. The zero-order valence-electron chi connectivity index (χ0n) is 18.0. The number of benzene rings is 2. The summed E-state index contributed by atoms with van der Waals surface area (Å²) in [4.78, 5) is 20.1. The average Bonchev–Trinajstić information content (AvgIpc) is 2.83. The molecule has 0 atom stereocenters. The van der Waals surface area contributed by atoms with Crippen molar-refractivity contribution in [1.82, 2.24) is 9.55 Å². The van der Waals surface area contributed by atoms with Crippen LogP contribution in [0, 0.1) is 0 Å². The zero-order chi connectivity index (χ0) is 22.1. The lowest BCUT2D eigenvalue weighted by molar-refractivity contribution is 0.578. The predicted octanol–water partition coefficient (Wildman–Crippen LogP) is 5.99. The van der Waals surface area contributed by atoms with Gasteiger partial charge in [0.15, 0.2) is 0 Å². The smallest absolute Gasteiger partial charge is 0.258 e. The number of hydrogen-bond acceptors (Lipinski definition) is 4. The number of rotatable bonds is 4. The summed E-state index contributed by atoms with van der Waals surface area (Å²) in [5.74, 6) is 0.703. The lowest BCUT2D eigenvalue weighted by Crippen LogP contribution is -2.29. The second-order valence-electron chi connectivity index (χ2n) is 8.25. The van der Waals surface area contributed by atoms with Crippen molar-refractivity contribution in [3.05, 3.63) is 82.2 Å². The van der Waals surface area contributed by atoms with Gasteiger partial charge in [-0.25, -0.2) is 4.98 Å². The van der Waals surface area contributed by atoms with Crippen LogP contribution >= 0.6 is 11.6 Å². The first kappa shape index (κ1) is 20.6. The molecule has 0 radical (unpaired) electrons. The maximum Gasteiger partial charge on any atom is 0.258 e. The summed E-state index contributed by atoms with van der Waals surface area (Å²) in [5, 5.41) is 4.85. The summed E-state index contributed by atoms with van der Waals surface area (Å²) in [5.41, 5.74) is 4.24. The molecule has 2 aromatic heterocycles. The highest BCUT2D eigenvalue weighted by Crippen LogP contribution is 2.29. The molecule has 4 aromatic rings. The number of nitrogens with one attached hydrogen (secondary N) is 1. The number of nitrogens with zero attached hydrogens (tertiary/aromatic N) is 3. The Labute approximate surface area is 192 Å². The maximum absolute atomic E-state index is 13.1. The Kier molecular flexibility index (Phi) is 5.58. The molecule has 5 nitrogen and oxygen atoms in total. The summed E-state index contributed by atoms with van der Waals surface area (Å²) < 4.78 is 1.66. The van der Waals surface area contributed by atoms with Crippen LogP contribution < -0.4 is 15.8 Å². The molecule has 0 saturated carbocycles. The lowest BCUT2D eigenvalue weighted by Gasteiger charge is -2.29. The van der Waals surface area contributed by atoms with Crippen molar-refractivity contribution >= 4 is 39.7 Å². The number of hydrogen-bond donors (Lipinski definition) is 1. The quantitative estimate of drug-likeness (QED) is 0.420. The van der Waals surface area contributed by atoms with Crippen LogP contribution in [-0.2, 0) is 7.05 Å². The predicted molar refractivity (Wildman–Crippen MR) is 133 cm³/mol. The molecule has 1 N–H and O–H groups in total. The first-order chi connectivity index (χ1) is 15.6. The number of aryl methyl sites for hydroxylation is 1. The Bertz CT molecular complexity index is 1340. The standard InChI is InChI=1S/C26H25ClN4O/c1-30-24-16-25(29-19-8-7-9-20(15-19)31-12-5-2-6-13-31)28-17-18(24)14-22(26(30)32)21-10-3-4-11-23(21)27/h3-4,7-11,14-17H,2,5-6,12-13H2,1H3,(H,28,29). The van der Waals surface area contributed by atoms with Crippen LogP contribution in [0.3, 0.4) is 0 Å². The topological polar surface area (TPSA) is 50.2 Å². The third kappa shape index (κ3) is 3.96. The van der Waals surface area contributed by atoms with E-state index in [0.29, 0.717) is 16.4 Å². The SMILES string of the molecule is Cn1c(=O)c(-c2ccccc2Cl)cc2cnc(Nc3cccc(N4CCCCC4)c3)cc21. The van der Waals surface area contributed by atoms with Gasteiger partial charge in [-0.1, -0.05) is 35.9 Å². The van der Waals surface area contributed by atoms with Gasteiger partial charge in [-0.2, -0.15) is 0 Å². The van der Waals surface area contributed by atoms with E-state index in [2.05, 4.69) is 33.4 Å². The van der Waals surface area contributed by atoms with Crippen molar-refractivity contribution in [3.63, 3.8) is 0 Å². The van der Waals surface area contributed by atoms with Crippen molar-refractivity contribution < 1.29 is 0 Å². The van der Waals surface area contributed by atoms with Crippen LogP contribution in [-0.4, -0.2) is 22.6 Å². The molecule has 1 fully saturated rings. The molecule has 1 aliphatic heterocycles. The van der Waals surface area contributed by atoms with Gasteiger partial charge in [0.1, 0.15) is 5.82 Å². The van der Waals surface area contributed by atoms with E-state index in [-0.39, 0.29) is 5.56 Å². The van der Waals surface area contributed by atoms with Crippen LogP contribution in [0.25, 0.3) is 22.0 Å². The summed E-state index contributed by atoms with van der Waals surface area (Å²) in [6, 6.07) is 19.6. The van der Waals surface area contributed by atoms with Gasteiger partial charge < -0.3 is 14.8 Å². The first-order valence-electron chi connectivity index (χ1n) is 11.0. The summed E-state index contributed by atoms with van der Waals surface area (Å²) >= 11 is 6.34. The Morgan fingerprint density at radius 3 is 2.56 bits per heavy atom. The number of aromatic nitrogens is 2. The van der Waals surface area contributed by atoms with Crippen molar-refractivity contribution in [3.8, 4) is 11.1 Å². The molecule has 1 aliphatic rings. The van der Waals surface area contributed by atoms with E-state index in [1.165, 1.54) is 24.9 Å². The molecule has 0 amide bonds. The van der Waals surface area contributed by atoms with Gasteiger partial charge in [-0.15, -0.1) is 0 Å². The molecule has 2 aromatic carbocycles. The molecule has 162 valence electrons. The number of anilines is 3. The fourth-order valence-electron chi connectivity index (χ4n) is 4.39. The van der Waals surface area contributed by atoms with Crippen LogP contribution in [0.4, 0.5) is 17.2 Å². The molecule has 1 saturated heterocycles. The summed E-state index contributed by atoms with van der Waals surface area (Å²) in [7, 11) is 1.78. The number of fused-ring (bicyclic) bond motifs is 1. The highest BCUT2D eigenvalue weighted by Gasteiger charge is 2.14. The molecule has 0 aliphatic carbocycles. The molecule has 6 heteroatoms. The number of pyridine rings is 2. The van der Waals surface area contributed by atoms with E-state index >= 15 is 0 Å². The molecular formula is C26H25ClN4O. The fraction of sp³-hybridized carbons (Fsp3) is 0.231. The molecule has 0 unspecified atom stereocenters. The van der Waals surface area contributed by atoms with Crippen LogP contribution in [0.1, 0.15) is 19.3 Å². The van der Waals surface area contributed by atoms with Gasteiger partial charge >= 0.3 is 0 Å².